The number of carbonyl (C=O) groups is 1. The predicted molar refractivity (Wildman–Crippen MR) is 68.2 cm³/mol. The van der Waals surface area contributed by atoms with Crippen LogP contribution in [0.25, 0.3) is 0 Å². The maximum atomic E-state index is 11.9. The first-order valence-electron chi connectivity index (χ1n) is 6.57. The molecular formula is C12H22F3N3O2. The molecule has 1 aliphatic rings. The molecule has 0 aromatic heterocycles. The van der Waals surface area contributed by atoms with E-state index in [9.17, 15) is 23.1 Å². The number of amides is 1. The van der Waals surface area contributed by atoms with Crippen molar-refractivity contribution in [3.63, 3.8) is 0 Å². The zero-order chi connectivity index (χ0) is 15.4. The molecule has 118 valence electrons. The van der Waals surface area contributed by atoms with E-state index in [0.717, 1.165) is 0 Å². The Balaban J connectivity index is 2.25. The van der Waals surface area contributed by atoms with Crippen LogP contribution in [0.4, 0.5) is 13.2 Å². The Morgan fingerprint density at radius 2 is 1.75 bits per heavy atom. The number of hydrogen-bond donors (Lipinski definition) is 2. The lowest BCUT2D eigenvalue weighted by atomic mass is 10.1. The smallest absolute Gasteiger partial charge is 0.389 e. The molecule has 0 aromatic carbocycles. The van der Waals surface area contributed by atoms with Gasteiger partial charge in [0.25, 0.3) is 0 Å². The van der Waals surface area contributed by atoms with Crippen LogP contribution in [0.5, 0.6) is 0 Å². The average molecular weight is 297 g/mol. The Hall–Kier alpha value is -0.860. The third-order valence-corrected chi connectivity index (χ3v) is 2.94. The molecule has 1 heterocycles. The lowest BCUT2D eigenvalue weighted by molar-refractivity contribution is -0.135. The molecule has 0 aliphatic carbocycles. The van der Waals surface area contributed by atoms with Gasteiger partial charge >= 0.3 is 6.18 Å². The zero-order valence-corrected chi connectivity index (χ0v) is 11.8. The molecule has 0 spiro atoms. The average Bonchev–Trinajstić information content (AvgIpc) is 2.25. The van der Waals surface area contributed by atoms with Crippen molar-refractivity contribution in [1.29, 1.82) is 0 Å². The topological polar surface area (TPSA) is 55.8 Å². The van der Waals surface area contributed by atoms with Gasteiger partial charge in [0.05, 0.1) is 18.7 Å². The maximum absolute atomic E-state index is 11.9. The monoisotopic (exact) mass is 297 g/mol. The molecule has 1 saturated heterocycles. The van der Waals surface area contributed by atoms with Crippen LogP contribution in [-0.2, 0) is 4.79 Å². The van der Waals surface area contributed by atoms with Gasteiger partial charge in [-0.1, -0.05) is 0 Å². The maximum Gasteiger partial charge on any atom is 0.401 e. The number of aliphatic hydroxyl groups is 1. The summed E-state index contributed by atoms with van der Waals surface area (Å²) in [5, 5.41) is 11.8. The molecule has 20 heavy (non-hydrogen) atoms. The van der Waals surface area contributed by atoms with E-state index in [0.29, 0.717) is 32.7 Å². The minimum atomic E-state index is -4.30. The highest BCUT2D eigenvalue weighted by Crippen LogP contribution is 2.12. The van der Waals surface area contributed by atoms with Gasteiger partial charge in [0.15, 0.2) is 0 Å². The molecule has 1 rings (SSSR count). The van der Waals surface area contributed by atoms with Crippen LogP contribution in [0, 0.1) is 0 Å². The second-order valence-electron chi connectivity index (χ2n) is 5.69. The Bertz CT molecular complexity index is 321. The van der Waals surface area contributed by atoms with Gasteiger partial charge in [-0.2, -0.15) is 13.2 Å². The molecule has 0 saturated carbocycles. The number of β-amino-alcohol motifs (C(OH)–C–C–N with tert-alkyl or cyclic N) is 1. The largest absolute Gasteiger partial charge is 0.401 e. The summed E-state index contributed by atoms with van der Waals surface area (Å²) in [6, 6.07) is 0. The molecule has 5 nitrogen and oxygen atoms in total. The van der Waals surface area contributed by atoms with Crippen LogP contribution in [0.2, 0.25) is 0 Å². The molecule has 0 aromatic rings. The molecule has 0 atom stereocenters. The van der Waals surface area contributed by atoms with Gasteiger partial charge in [-0.3, -0.25) is 9.69 Å². The van der Waals surface area contributed by atoms with Crippen LogP contribution in [-0.4, -0.2) is 78.4 Å². The highest BCUT2D eigenvalue weighted by Gasteiger charge is 2.28. The SMILES string of the molecule is CC(C)(O)CN1CCN(C(=O)CNCC(F)(F)F)CC1. The van der Waals surface area contributed by atoms with Crippen molar-refractivity contribution in [1.82, 2.24) is 15.1 Å². The number of halogens is 3. The van der Waals surface area contributed by atoms with E-state index in [2.05, 4.69) is 5.32 Å². The van der Waals surface area contributed by atoms with Crippen molar-refractivity contribution in [2.75, 3.05) is 45.8 Å². The Labute approximate surface area is 116 Å². The molecule has 1 aliphatic heterocycles. The van der Waals surface area contributed by atoms with Crippen LogP contribution in [0.3, 0.4) is 0 Å². The summed E-state index contributed by atoms with van der Waals surface area (Å²) in [4.78, 5) is 15.3. The van der Waals surface area contributed by atoms with E-state index in [4.69, 9.17) is 0 Å². The summed E-state index contributed by atoms with van der Waals surface area (Å²) < 4.78 is 35.8. The molecule has 0 unspecified atom stereocenters. The van der Waals surface area contributed by atoms with Crippen molar-refractivity contribution in [3.05, 3.63) is 0 Å². The van der Waals surface area contributed by atoms with Gasteiger partial charge in [0.2, 0.25) is 5.91 Å². The van der Waals surface area contributed by atoms with Gasteiger partial charge < -0.3 is 15.3 Å². The second kappa shape index (κ2) is 6.73. The van der Waals surface area contributed by atoms with Gasteiger partial charge in [-0.05, 0) is 13.8 Å². The molecule has 1 amide bonds. The quantitative estimate of drug-likeness (QED) is 0.753. The Morgan fingerprint density at radius 3 is 2.20 bits per heavy atom. The first-order chi connectivity index (χ1) is 9.07. The summed E-state index contributed by atoms with van der Waals surface area (Å²) in [6.07, 6.45) is -4.30. The van der Waals surface area contributed by atoms with E-state index < -0.39 is 18.3 Å². The van der Waals surface area contributed by atoms with Crippen molar-refractivity contribution in [2.45, 2.75) is 25.6 Å². The lowest BCUT2D eigenvalue weighted by Crippen LogP contribution is -2.53. The zero-order valence-electron chi connectivity index (χ0n) is 11.8. The minimum Gasteiger partial charge on any atom is -0.389 e. The highest BCUT2D eigenvalue weighted by molar-refractivity contribution is 5.78. The molecule has 0 bridgehead atoms. The van der Waals surface area contributed by atoms with Crippen molar-refractivity contribution in [2.24, 2.45) is 0 Å². The first-order valence-corrected chi connectivity index (χ1v) is 6.57. The Morgan fingerprint density at radius 1 is 1.20 bits per heavy atom. The number of carbonyl (C=O) groups excluding carboxylic acids is 1. The first kappa shape index (κ1) is 17.2. The van der Waals surface area contributed by atoms with E-state index in [1.54, 1.807) is 18.7 Å². The summed E-state index contributed by atoms with van der Waals surface area (Å²) >= 11 is 0. The fraction of sp³-hybridized carbons (Fsp3) is 0.917. The summed E-state index contributed by atoms with van der Waals surface area (Å²) in [7, 11) is 0. The lowest BCUT2D eigenvalue weighted by Gasteiger charge is -2.37. The van der Waals surface area contributed by atoms with E-state index >= 15 is 0 Å². The standard InChI is InChI=1S/C12H22F3N3O2/c1-11(2,20)9-17-3-5-18(6-4-17)10(19)7-16-8-12(13,14)15/h16,20H,3-9H2,1-2H3. The molecule has 0 radical (unpaired) electrons. The number of hydrogen-bond acceptors (Lipinski definition) is 4. The van der Waals surface area contributed by atoms with Gasteiger partial charge in [0, 0.05) is 32.7 Å². The van der Waals surface area contributed by atoms with Crippen molar-refractivity contribution >= 4 is 5.91 Å². The molecule has 8 heteroatoms. The van der Waals surface area contributed by atoms with Crippen molar-refractivity contribution in [3.8, 4) is 0 Å². The van der Waals surface area contributed by atoms with E-state index in [1.807, 2.05) is 4.90 Å². The molecular weight excluding hydrogens is 275 g/mol. The minimum absolute atomic E-state index is 0.301. The third-order valence-electron chi connectivity index (χ3n) is 2.94. The van der Waals surface area contributed by atoms with Crippen LogP contribution < -0.4 is 5.32 Å². The third kappa shape index (κ3) is 7.06. The number of rotatable bonds is 5. The number of nitrogens with one attached hydrogen (secondary N) is 1. The Kier molecular flexibility index (Phi) is 5.79. The van der Waals surface area contributed by atoms with Gasteiger partial charge in [-0.15, -0.1) is 0 Å². The van der Waals surface area contributed by atoms with Gasteiger partial charge in [-0.25, -0.2) is 0 Å². The summed E-state index contributed by atoms with van der Waals surface area (Å²) in [6.45, 7) is 4.68. The van der Waals surface area contributed by atoms with Crippen molar-refractivity contribution < 1.29 is 23.1 Å². The van der Waals surface area contributed by atoms with Crippen LogP contribution >= 0.6 is 0 Å². The molecule has 1 fully saturated rings. The number of nitrogens with zero attached hydrogens (tertiary/aromatic N) is 2. The molecule has 2 N–H and O–H groups in total. The number of alkyl halides is 3. The normalized spacial score (nSPS) is 18.4. The fourth-order valence-electron chi connectivity index (χ4n) is 2.13. The summed E-state index contributed by atoms with van der Waals surface area (Å²) in [5.74, 6) is -0.322. The van der Waals surface area contributed by atoms with Crippen LogP contribution in [0.15, 0.2) is 0 Å². The van der Waals surface area contributed by atoms with E-state index in [1.165, 1.54) is 0 Å². The summed E-state index contributed by atoms with van der Waals surface area (Å²) in [5.41, 5.74) is -0.791. The fourth-order valence-corrected chi connectivity index (χ4v) is 2.13. The predicted octanol–water partition coefficient (Wildman–Crippen LogP) is 0.0534. The second-order valence-corrected chi connectivity index (χ2v) is 5.69. The highest BCUT2D eigenvalue weighted by atomic mass is 19.4. The number of piperazine rings is 1. The van der Waals surface area contributed by atoms with E-state index in [-0.39, 0.29) is 12.5 Å². The van der Waals surface area contributed by atoms with Crippen LogP contribution in [0.1, 0.15) is 13.8 Å². The van der Waals surface area contributed by atoms with Gasteiger partial charge in [0.1, 0.15) is 0 Å².